The molecule has 0 radical (unpaired) electrons. The lowest BCUT2D eigenvalue weighted by atomic mass is 10.1. The fraction of sp³-hybridized carbons (Fsp3) is 0.615. The summed E-state index contributed by atoms with van der Waals surface area (Å²) in [7, 11) is 0. The Labute approximate surface area is 116 Å². The van der Waals surface area contributed by atoms with E-state index in [9.17, 15) is 4.79 Å². The number of carbonyl (C=O) groups is 1. The van der Waals surface area contributed by atoms with E-state index >= 15 is 0 Å². The summed E-state index contributed by atoms with van der Waals surface area (Å²) in [6.45, 7) is 2.46. The molecule has 2 aliphatic rings. The van der Waals surface area contributed by atoms with Crippen LogP contribution in [0.5, 0.6) is 0 Å². The van der Waals surface area contributed by atoms with Crippen molar-refractivity contribution >= 4 is 28.8 Å². The van der Waals surface area contributed by atoms with Gasteiger partial charge >= 0.3 is 0 Å². The highest BCUT2D eigenvalue weighted by molar-refractivity contribution is 7.17. The number of carbonyl (C=O) groups excluding carboxylic acids is 1. The minimum atomic E-state index is 0.140. The van der Waals surface area contributed by atoms with Crippen LogP contribution in [0.3, 0.4) is 0 Å². The summed E-state index contributed by atoms with van der Waals surface area (Å²) >= 11 is 7.27. The van der Waals surface area contributed by atoms with Crippen molar-refractivity contribution in [2.45, 2.75) is 25.3 Å². The van der Waals surface area contributed by atoms with Crippen LogP contribution in [-0.2, 0) is 4.74 Å². The van der Waals surface area contributed by atoms with E-state index in [0.717, 1.165) is 43.9 Å². The first-order valence-corrected chi connectivity index (χ1v) is 7.57. The molecular weight excluding hydrogens is 270 g/mol. The molecule has 1 aliphatic carbocycles. The molecule has 0 spiro atoms. The number of amides is 1. The normalized spacial score (nSPS) is 23.3. The van der Waals surface area contributed by atoms with Crippen LogP contribution < -0.4 is 0 Å². The summed E-state index contributed by atoms with van der Waals surface area (Å²) in [5.41, 5.74) is 0. The SMILES string of the molecule is O=C(c1ccc(Cl)s1)N(CC1CCOC1)C1CC1. The van der Waals surface area contributed by atoms with E-state index < -0.39 is 0 Å². The lowest BCUT2D eigenvalue weighted by Gasteiger charge is -2.24. The number of thiophene rings is 1. The molecule has 1 unspecified atom stereocenters. The molecule has 18 heavy (non-hydrogen) atoms. The Morgan fingerprint density at radius 3 is 2.83 bits per heavy atom. The largest absolute Gasteiger partial charge is 0.381 e. The van der Waals surface area contributed by atoms with Gasteiger partial charge in [-0.25, -0.2) is 0 Å². The summed E-state index contributed by atoms with van der Waals surface area (Å²) in [4.78, 5) is 15.2. The van der Waals surface area contributed by atoms with Gasteiger partial charge in [-0.1, -0.05) is 11.6 Å². The summed E-state index contributed by atoms with van der Waals surface area (Å²) < 4.78 is 6.07. The van der Waals surface area contributed by atoms with Crippen molar-refractivity contribution in [2.24, 2.45) is 5.92 Å². The molecule has 1 aliphatic heterocycles. The highest BCUT2D eigenvalue weighted by Crippen LogP contribution is 2.32. The van der Waals surface area contributed by atoms with Gasteiger partial charge < -0.3 is 9.64 Å². The third kappa shape index (κ3) is 2.71. The Kier molecular flexibility index (Phi) is 3.59. The van der Waals surface area contributed by atoms with E-state index in [0.29, 0.717) is 16.3 Å². The minimum absolute atomic E-state index is 0.140. The second-order valence-corrected chi connectivity index (χ2v) is 6.74. The molecule has 3 rings (SSSR count). The molecule has 2 fully saturated rings. The van der Waals surface area contributed by atoms with Gasteiger partial charge in [0.2, 0.25) is 0 Å². The van der Waals surface area contributed by atoms with Gasteiger partial charge in [0.05, 0.1) is 15.8 Å². The summed E-state index contributed by atoms with van der Waals surface area (Å²) in [5, 5.41) is 0. The average Bonchev–Trinajstić information content (AvgIpc) is 2.88. The molecule has 1 aromatic heterocycles. The molecule has 2 heterocycles. The molecule has 0 N–H and O–H groups in total. The van der Waals surface area contributed by atoms with E-state index in [2.05, 4.69) is 0 Å². The van der Waals surface area contributed by atoms with Crippen molar-refractivity contribution < 1.29 is 9.53 Å². The Hall–Kier alpha value is -0.580. The lowest BCUT2D eigenvalue weighted by Crippen LogP contribution is -2.37. The van der Waals surface area contributed by atoms with Crippen LogP contribution in [0.1, 0.15) is 28.9 Å². The van der Waals surface area contributed by atoms with Crippen LogP contribution in [-0.4, -0.2) is 36.6 Å². The van der Waals surface area contributed by atoms with E-state index in [1.165, 1.54) is 11.3 Å². The van der Waals surface area contributed by atoms with Gasteiger partial charge in [-0.2, -0.15) is 0 Å². The van der Waals surface area contributed by atoms with E-state index in [-0.39, 0.29) is 5.91 Å². The summed E-state index contributed by atoms with van der Waals surface area (Å²) in [5.74, 6) is 0.645. The van der Waals surface area contributed by atoms with Gasteiger partial charge in [-0.3, -0.25) is 4.79 Å². The molecule has 0 aromatic carbocycles. The Bertz CT molecular complexity index is 438. The monoisotopic (exact) mass is 285 g/mol. The summed E-state index contributed by atoms with van der Waals surface area (Å²) in [6.07, 6.45) is 3.35. The second-order valence-electron chi connectivity index (χ2n) is 5.02. The fourth-order valence-corrected chi connectivity index (χ4v) is 3.36. The van der Waals surface area contributed by atoms with Crippen LogP contribution in [0.25, 0.3) is 0 Å². The molecule has 3 nitrogen and oxygen atoms in total. The smallest absolute Gasteiger partial charge is 0.264 e. The molecule has 5 heteroatoms. The average molecular weight is 286 g/mol. The van der Waals surface area contributed by atoms with Crippen LogP contribution >= 0.6 is 22.9 Å². The lowest BCUT2D eigenvalue weighted by molar-refractivity contribution is 0.0711. The van der Waals surface area contributed by atoms with Gasteiger partial charge in [0, 0.05) is 25.1 Å². The zero-order valence-corrected chi connectivity index (χ0v) is 11.7. The Balaban J connectivity index is 1.70. The van der Waals surface area contributed by atoms with E-state index in [1.807, 2.05) is 11.0 Å². The number of nitrogens with zero attached hydrogens (tertiary/aromatic N) is 1. The van der Waals surface area contributed by atoms with Crippen molar-refractivity contribution in [1.29, 1.82) is 0 Å². The van der Waals surface area contributed by atoms with Crippen LogP contribution in [0.15, 0.2) is 12.1 Å². The van der Waals surface area contributed by atoms with Crippen molar-refractivity contribution in [3.05, 3.63) is 21.3 Å². The minimum Gasteiger partial charge on any atom is -0.381 e. The third-order valence-corrected chi connectivity index (χ3v) is 4.73. The summed E-state index contributed by atoms with van der Waals surface area (Å²) in [6, 6.07) is 4.07. The predicted molar refractivity (Wildman–Crippen MR) is 72.3 cm³/mol. The molecule has 1 amide bonds. The first kappa shape index (κ1) is 12.5. The van der Waals surface area contributed by atoms with Crippen molar-refractivity contribution in [3.8, 4) is 0 Å². The van der Waals surface area contributed by atoms with Gasteiger partial charge in [-0.15, -0.1) is 11.3 Å². The predicted octanol–water partition coefficient (Wildman–Crippen LogP) is 3.04. The molecule has 1 aromatic rings. The van der Waals surface area contributed by atoms with Crippen molar-refractivity contribution in [1.82, 2.24) is 4.90 Å². The maximum Gasteiger partial charge on any atom is 0.264 e. The third-order valence-electron chi connectivity index (χ3n) is 3.51. The number of hydrogen-bond acceptors (Lipinski definition) is 3. The quantitative estimate of drug-likeness (QED) is 0.851. The molecule has 1 atom stereocenters. The van der Waals surface area contributed by atoms with Crippen LogP contribution in [0.4, 0.5) is 0 Å². The van der Waals surface area contributed by atoms with Crippen LogP contribution in [0.2, 0.25) is 4.34 Å². The van der Waals surface area contributed by atoms with Crippen molar-refractivity contribution in [3.63, 3.8) is 0 Å². The fourth-order valence-electron chi connectivity index (χ4n) is 2.36. The number of halogens is 1. The Morgan fingerprint density at radius 1 is 1.44 bits per heavy atom. The second kappa shape index (κ2) is 5.19. The number of hydrogen-bond donors (Lipinski definition) is 0. The van der Waals surface area contributed by atoms with E-state index in [4.69, 9.17) is 16.3 Å². The zero-order chi connectivity index (χ0) is 12.5. The number of rotatable bonds is 4. The molecule has 0 bridgehead atoms. The molecular formula is C13H16ClNO2S. The first-order chi connectivity index (χ1) is 8.74. The number of ether oxygens (including phenoxy) is 1. The topological polar surface area (TPSA) is 29.5 Å². The highest BCUT2D eigenvalue weighted by atomic mass is 35.5. The first-order valence-electron chi connectivity index (χ1n) is 6.38. The molecule has 98 valence electrons. The maximum atomic E-state index is 12.5. The highest BCUT2D eigenvalue weighted by Gasteiger charge is 2.35. The van der Waals surface area contributed by atoms with Crippen molar-refractivity contribution in [2.75, 3.05) is 19.8 Å². The van der Waals surface area contributed by atoms with Gasteiger partial charge in [0.25, 0.3) is 5.91 Å². The van der Waals surface area contributed by atoms with Gasteiger partial charge in [0.1, 0.15) is 0 Å². The van der Waals surface area contributed by atoms with Crippen LogP contribution in [0, 0.1) is 5.92 Å². The van der Waals surface area contributed by atoms with Gasteiger partial charge in [0.15, 0.2) is 0 Å². The molecule has 1 saturated carbocycles. The van der Waals surface area contributed by atoms with E-state index in [1.54, 1.807) is 6.07 Å². The zero-order valence-electron chi connectivity index (χ0n) is 10.1. The Morgan fingerprint density at radius 2 is 2.28 bits per heavy atom. The standard InChI is InChI=1S/C13H16ClNO2S/c14-12-4-3-11(18-12)13(16)15(10-1-2-10)7-9-5-6-17-8-9/h3-4,9-10H,1-2,5-8H2. The maximum absolute atomic E-state index is 12.5. The molecule has 1 saturated heterocycles. The van der Waals surface area contributed by atoms with Gasteiger partial charge in [-0.05, 0) is 31.4 Å².